The molecule has 478 valence electrons. The van der Waals surface area contributed by atoms with Crippen LogP contribution in [0.15, 0.2) is 97.2 Å². The maximum absolute atomic E-state index is 13.0. The van der Waals surface area contributed by atoms with E-state index >= 15 is 0 Å². The van der Waals surface area contributed by atoms with Gasteiger partial charge in [-0.25, -0.2) is 0 Å². The van der Waals surface area contributed by atoms with Gasteiger partial charge in [-0.15, -0.1) is 0 Å². The van der Waals surface area contributed by atoms with E-state index in [0.29, 0.717) is 19.3 Å². The minimum atomic E-state index is -0.780. The molecule has 0 saturated heterocycles. The summed E-state index contributed by atoms with van der Waals surface area (Å²) in [6.45, 7) is 6.55. The van der Waals surface area contributed by atoms with Gasteiger partial charge < -0.3 is 14.2 Å². The molecule has 0 aromatic rings. The van der Waals surface area contributed by atoms with E-state index in [1.54, 1.807) is 0 Å². The summed E-state index contributed by atoms with van der Waals surface area (Å²) in [5.41, 5.74) is 0. The Balaban J connectivity index is 4.28. The van der Waals surface area contributed by atoms with Gasteiger partial charge in [0.2, 0.25) is 0 Å². The van der Waals surface area contributed by atoms with Crippen molar-refractivity contribution in [3.63, 3.8) is 0 Å². The quantitative estimate of drug-likeness (QED) is 0.0261. The molecular formula is C77H134O6. The van der Waals surface area contributed by atoms with Gasteiger partial charge in [0, 0.05) is 19.3 Å². The fraction of sp³-hybridized carbons (Fsp3) is 0.753. The smallest absolute Gasteiger partial charge is 0.306 e. The van der Waals surface area contributed by atoms with Crippen molar-refractivity contribution in [2.75, 3.05) is 13.2 Å². The van der Waals surface area contributed by atoms with E-state index in [1.807, 2.05) is 0 Å². The number of hydrogen-bond acceptors (Lipinski definition) is 6. The monoisotopic (exact) mass is 1160 g/mol. The third-order valence-electron chi connectivity index (χ3n) is 15.6. The lowest BCUT2D eigenvalue weighted by molar-refractivity contribution is -0.167. The summed E-state index contributed by atoms with van der Waals surface area (Å²) in [7, 11) is 0. The SMILES string of the molecule is CC/C=C\C/C=C\C/C=C\C/C=C\C/C=C\C/C=C\CCCCCCCCCCCCC(=O)OCC(COC(=O)CCCCCCCCCCCCCCC)OC(=O)CCCCCCCCCCCCC/C=C\C/C=C\CCCCCCC. The third kappa shape index (κ3) is 69.0. The van der Waals surface area contributed by atoms with E-state index in [9.17, 15) is 14.4 Å². The Kier molecular flexibility index (Phi) is 67.7. The largest absolute Gasteiger partial charge is 0.462 e. The average Bonchev–Trinajstić information content (AvgIpc) is 3.49. The molecule has 6 nitrogen and oxygen atoms in total. The molecule has 0 spiro atoms. The number of esters is 3. The van der Waals surface area contributed by atoms with Crippen LogP contribution in [0.25, 0.3) is 0 Å². The average molecular weight is 1160 g/mol. The highest BCUT2D eigenvalue weighted by Crippen LogP contribution is 2.17. The second-order valence-electron chi connectivity index (χ2n) is 23.8. The lowest BCUT2D eigenvalue weighted by atomic mass is 10.0. The number of unbranched alkanes of at least 4 members (excludes halogenated alkanes) is 38. The first kappa shape index (κ1) is 79.3. The molecule has 0 bridgehead atoms. The van der Waals surface area contributed by atoms with E-state index in [2.05, 4.69) is 118 Å². The second kappa shape index (κ2) is 70.8. The molecule has 0 amide bonds. The van der Waals surface area contributed by atoms with Crippen LogP contribution in [-0.4, -0.2) is 37.2 Å². The van der Waals surface area contributed by atoms with Crippen LogP contribution in [0, 0.1) is 0 Å². The first-order valence-corrected chi connectivity index (χ1v) is 35.7. The molecule has 1 unspecified atom stereocenters. The fourth-order valence-electron chi connectivity index (χ4n) is 10.2. The van der Waals surface area contributed by atoms with Gasteiger partial charge >= 0.3 is 17.9 Å². The standard InChI is InChI=1S/C77H134O6/c1-4-7-10-13-16-19-22-25-27-29-31-33-35-36-37-38-39-40-42-43-45-47-49-52-55-58-61-64-67-70-76(79)82-73-74(72-81-75(78)69-66-63-60-57-54-51-24-21-18-15-12-9-6-3)83-77(80)71-68-65-62-59-56-53-50-48-46-44-41-34-32-30-28-26-23-20-17-14-11-8-5-2/h7,10,16,19,23,25-27,30-33,36-37,39-40,74H,4-6,8-9,11-15,17-18,20-22,24,28-29,34-35,38,41-73H2,1-3H3/b10-7-,19-16-,26-23-,27-25-,32-30-,33-31-,37-36-,40-39-. The van der Waals surface area contributed by atoms with Gasteiger partial charge in [-0.2, -0.15) is 0 Å². The van der Waals surface area contributed by atoms with Crippen LogP contribution in [0.5, 0.6) is 0 Å². The maximum Gasteiger partial charge on any atom is 0.306 e. The predicted octanol–water partition coefficient (Wildman–Crippen LogP) is 24.8. The number of ether oxygens (including phenoxy) is 3. The summed E-state index contributed by atoms with van der Waals surface area (Å²) >= 11 is 0. The van der Waals surface area contributed by atoms with Crippen LogP contribution < -0.4 is 0 Å². The van der Waals surface area contributed by atoms with Gasteiger partial charge in [-0.1, -0.05) is 330 Å². The van der Waals surface area contributed by atoms with Crippen LogP contribution in [0.3, 0.4) is 0 Å². The Hall–Kier alpha value is -3.67. The zero-order valence-electron chi connectivity index (χ0n) is 54.9. The molecule has 0 aliphatic rings. The van der Waals surface area contributed by atoms with E-state index in [0.717, 1.165) is 103 Å². The number of hydrogen-bond donors (Lipinski definition) is 0. The van der Waals surface area contributed by atoms with Crippen molar-refractivity contribution < 1.29 is 28.6 Å². The van der Waals surface area contributed by atoms with Gasteiger partial charge in [0.1, 0.15) is 13.2 Å². The highest BCUT2D eigenvalue weighted by molar-refractivity contribution is 5.71. The Morgan fingerprint density at radius 2 is 0.470 bits per heavy atom. The number of allylic oxidation sites excluding steroid dienone is 16. The summed E-state index contributed by atoms with van der Waals surface area (Å²) < 4.78 is 17.0. The predicted molar refractivity (Wildman–Crippen MR) is 362 cm³/mol. The van der Waals surface area contributed by atoms with Crippen molar-refractivity contribution >= 4 is 17.9 Å². The maximum atomic E-state index is 13.0. The molecule has 6 heteroatoms. The topological polar surface area (TPSA) is 78.9 Å². The summed E-state index contributed by atoms with van der Waals surface area (Å²) in [4.78, 5) is 38.5. The molecule has 1 atom stereocenters. The van der Waals surface area contributed by atoms with Crippen molar-refractivity contribution in [1.82, 2.24) is 0 Å². The van der Waals surface area contributed by atoms with Crippen molar-refractivity contribution in [3.05, 3.63) is 97.2 Å². The van der Waals surface area contributed by atoms with Crippen molar-refractivity contribution in [2.45, 2.75) is 361 Å². The Labute approximate surface area is 515 Å². The van der Waals surface area contributed by atoms with E-state index in [4.69, 9.17) is 14.2 Å². The van der Waals surface area contributed by atoms with Crippen LogP contribution in [0.2, 0.25) is 0 Å². The molecule has 0 fully saturated rings. The Morgan fingerprint density at radius 3 is 0.735 bits per heavy atom. The molecule has 0 aromatic heterocycles. The van der Waals surface area contributed by atoms with Gasteiger partial charge in [0.25, 0.3) is 0 Å². The molecule has 83 heavy (non-hydrogen) atoms. The van der Waals surface area contributed by atoms with Gasteiger partial charge in [0.15, 0.2) is 6.10 Å². The van der Waals surface area contributed by atoms with E-state index < -0.39 is 6.10 Å². The van der Waals surface area contributed by atoms with Crippen LogP contribution in [0.1, 0.15) is 355 Å². The Morgan fingerprint density at radius 1 is 0.253 bits per heavy atom. The highest BCUT2D eigenvalue weighted by atomic mass is 16.6. The summed E-state index contributed by atoms with van der Waals surface area (Å²) in [5, 5.41) is 0. The molecule has 0 aliphatic carbocycles. The molecule has 0 rings (SSSR count). The first-order chi connectivity index (χ1) is 41.0. The van der Waals surface area contributed by atoms with E-state index in [-0.39, 0.29) is 31.1 Å². The van der Waals surface area contributed by atoms with Crippen LogP contribution >= 0.6 is 0 Å². The number of rotatable bonds is 65. The zero-order chi connectivity index (χ0) is 59.9. The lowest BCUT2D eigenvalue weighted by Gasteiger charge is -2.18. The summed E-state index contributed by atoms with van der Waals surface area (Å²) in [5.74, 6) is -0.864. The fourth-order valence-corrected chi connectivity index (χ4v) is 10.2. The van der Waals surface area contributed by atoms with Crippen LogP contribution in [0.4, 0.5) is 0 Å². The van der Waals surface area contributed by atoms with Gasteiger partial charge in [-0.3, -0.25) is 14.4 Å². The third-order valence-corrected chi connectivity index (χ3v) is 15.6. The summed E-state index contributed by atoms with van der Waals surface area (Å²) in [6, 6.07) is 0. The zero-order valence-corrected chi connectivity index (χ0v) is 54.9. The molecule has 0 aliphatic heterocycles. The molecule has 0 N–H and O–H groups in total. The second-order valence-corrected chi connectivity index (χ2v) is 23.8. The number of carbonyl (C=O) groups is 3. The molecule has 0 radical (unpaired) electrons. The minimum Gasteiger partial charge on any atom is -0.462 e. The van der Waals surface area contributed by atoms with E-state index in [1.165, 1.54) is 212 Å². The molecule has 0 saturated carbocycles. The molecule has 0 heterocycles. The minimum absolute atomic E-state index is 0.0754. The van der Waals surface area contributed by atoms with Crippen LogP contribution in [-0.2, 0) is 28.6 Å². The molecular weight excluding hydrogens is 1020 g/mol. The first-order valence-electron chi connectivity index (χ1n) is 35.7. The normalized spacial score (nSPS) is 12.7. The van der Waals surface area contributed by atoms with Gasteiger partial charge in [-0.05, 0) is 103 Å². The lowest BCUT2D eigenvalue weighted by Crippen LogP contribution is -2.30. The molecule has 0 aromatic carbocycles. The highest BCUT2D eigenvalue weighted by Gasteiger charge is 2.19. The van der Waals surface area contributed by atoms with Crippen molar-refractivity contribution in [1.29, 1.82) is 0 Å². The van der Waals surface area contributed by atoms with Crippen molar-refractivity contribution in [2.24, 2.45) is 0 Å². The Bertz CT molecular complexity index is 1610. The number of carbonyl (C=O) groups excluding carboxylic acids is 3. The van der Waals surface area contributed by atoms with Gasteiger partial charge in [0.05, 0.1) is 0 Å². The van der Waals surface area contributed by atoms with Crippen molar-refractivity contribution in [3.8, 4) is 0 Å². The summed E-state index contributed by atoms with van der Waals surface area (Å²) in [6.07, 6.45) is 95.7.